The molecule has 61 heavy (non-hydrogen) atoms. The van der Waals surface area contributed by atoms with Gasteiger partial charge in [0.2, 0.25) is 41.4 Å². The summed E-state index contributed by atoms with van der Waals surface area (Å²) in [6.45, 7) is 1.39. The summed E-state index contributed by atoms with van der Waals surface area (Å²) >= 11 is 4.12. The summed E-state index contributed by atoms with van der Waals surface area (Å²) in [5.74, 6) is -3.91. The van der Waals surface area contributed by atoms with Gasteiger partial charge in [0, 0.05) is 31.7 Å². The smallest absolute Gasteiger partial charge is 0.246 e. The molecule has 0 aromatic heterocycles. The number of nitrogens with two attached hydrogens (primary N) is 4. The largest absolute Gasteiger partial charge is 0.368 e. The zero-order valence-corrected chi connectivity index (χ0v) is 35.7. The van der Waals surface area contributed by atoms with E-state index in [4.69, 9.17) is 22.9 Å². The van der Waals surface area contributed by atoms with E-state index in [-0.39, 0.29) is 31.7 Å². The number of hydrogen-bond donors (Lipinski definition) is 9. The first-order valence-corrected chi connectivity index (χ1v) is 22.0. The van der Waals surface area contributed by atoms with Crippen molar-refractivity contribution in [3.63, 3.8) is 0 Å². The minimum absolute atomic E-state index is 0.0215. The lowest BCUT2D eigenvalue weighted by Crippen LogP contribution is -2.60. The third-order valence-electron chi connectivity index (χ3n) is 11.2. The van der Waals surface area contributed by atoms with Crippen LogP contribution >= 0.6 is 12.6 Å². The Morgan fingerprint density at radius 3 is 1.56 bits per heavy atom. The molecule has 2 fully saturated rings. The van der Waals surface area contributed by atoms with E-state index in [9.17, 15) is 33.6 Å². The molecular weight excluding hydrogens is 801 g/mol. The quantitative estimate of drug-likeness (QED) is 0.0477. The number of likely N-dealkylation sites (tertiary alicyclic amines) is 2. The van der Waals surface area contributed by atoms with E-state index in [1.54, 1.807) is 0 Å². The first kappa shape index (κ1) is 48.6. The highest BCUT2D eigenvalue weighted by atomic mass is 32.1. The minimum atomic E-state index is -1.17. The van der Waals surface area contributed by atoms with Crippen molar-refractivity contribution in [2.45, 2.75) is 119 Å². The van der Waals surface area contributed by atoms with Crippen LogP contribution in [-0.4, -0.2) is 125 Å². The Kier molecular flexibility index (Phi) is 20.0. The Labute approximate surface area is 363 Å². The number of carbonyl (C=O) groups excluding carboxylic acids is 7. The highest BCUT2D eigenvalue weighted by Gasteiger charge is 2.41. The Morgan fingerprint density at radius 2 is 1.07 bits per heavy atom. The fraction of sp³-hybridized carbons (Fsp3) is 0.558. The van der Waals surface area contributed by atoms with Gasteiger partial charge in [0.1, 0.15) is 36.3 Å². The molecule has 0 spiro atoms. The van der Waals surface area contributed by atoms with Gasteiger partial charge < -0.3 is 54.0 Å². The molecular formula is C43H64N10O7S. The minimum Gasteiger partial charge on any atom is -0.368 e. The van der Waals surface area contributed by atoms with Crippen LogP contribution in [0.1, 0.15) is 75.3 Å². The molecule has 0 aliphatic carbocycles. The third kappa shape index (κ3) is 14.5. The van der Waals surface area contributed by atoms with Gasteiger partial charge >= 0.3 is 0 Å². The molecule has 0 bridgehead atoms. The van der Waals surface area contributed by atoms with Crippen LogP contribution in [0.2, 0.25) is 0 Å². The van der Waals surface area contributed by atoms with Crippen molar-refractivity contribution >= 4 is 54.0 Å². The summed E-state index contributed by atoms with van der Waals surface area (Å²) in [6, 6.07) is 11.2. The molecule has 18 heteroatoms. The summed E-state index contributed by atoms with van der Waals surface area (Å²) in [6.07, 6.45) is 5.14. The molecule has 4 rings (SSSR count). The van der Waals surface area contributed by atoms with Crippen molar-refractivity contribution in [1.82, 2.24) is 31.1 Å². The van der Waals surface area contributed by atoms with Gasteiger partial charge in [-0.1, -0.05) is 67.1 Å². The molecule has 12 N–H and O–H groups in total. The van der Waals surface area contributed by atoms with Gasteiger partial charge in [-0.05, 0) is 82.0 Å². The highest BCUT2D eigenvalue weighted by molar-refractivity contribution is 7.80. The molecule has 0 radical (unpaired) electrons. The number of unbranched alkanes of at least 4 members (excludes halogenated alkanes) is 2. The van der Waals surface area contributed by atoms with Crippen molar-refractivity contribution < 1.29 is 33.6 Å². The predicted octanol–water partition coefficient (Wildman–Crippen LogP) is -0.607. The van der Waals surface area contributed by atoms with E-state index in [0.717, 1.165) is 11.1 Å². The zero-order valence-electron chi connectivity index (χ0n) is 34.8. The number of nitrogens with one attached hydrogen (secondary N) is 4. The van der Waals surface area contributed by atoms with Crippen molar-refractivity contribution in [2.75, 3.05) is 31.9 Å². The van der Waals surface area contributed by atoms with Gasteiger partial charge in [0.25, 0.3) is 0 Å². The Hall–Kier alpha value is -5.04. The standard InChI is InChI=1S/C43H64N10O7S/c44-21-9-7-17-30(46)38(55)48-31(18-8-10-22-45)42(59)52-23-11-19-35(52)40(57)49-32(25-28-13-3-1-4-14-28)39(56)50-33(26-29-15-5-2-6-16-29)43(60)53-24-12-20-36(53)41(58)51-34(27-61)37(47)54/h1-6,13-16,30-36,61H,7-12,17-27,44-46H2,(H2,47,54)(H,48,55)(H,49,57)(H,50,56)(H,51,58)/t30-,31-,32-,33-,34-,35-,36-/m0/s1. The number of thiol groups is 1. The highest BCUT2D eigenvalue weighted by Crippen LogP contribution is 2.22. The molecule has 2 saturated heterocycles. The Morgan fingerprint density at radius 1 is 0.607 bits per heavy atom. The average molecular weight is 865 g/mol. The van der Waals surface area contributed by atoms with Crippen LogP contribution in [0.3, 0.4) is 0 Å². The second-order valence-corrected chi connectivity index (χ2v) is 16.1. The van der Waals surface area contributed by atoms with Crippen LogP contribution in [0.4, 0.5) is 0 Å². The van der Waals surface area contributed by atoms with E-state index in [0.29, 0.717) is 77.3 Å². The first-order chi connectivity index (χ1) is 29.4. The second-order valence-electron chi connectivity index (χ2n) is 15.8. The number of amides is 7. The second kappa shape index (κ2) is 25.0. The first-order valence-electron chi connectivity index (χ1n) is 21.3. The van der Waals surface area contributed by atoms with E-state index in [1.807, 2.05) is 60.7 Å². The topological polar surface area (TPSA) is 278 Å². The van der Waals surface area contributed by atoms with E-state index in [1.165, 1.54) is 9.80 Å². The Bertz CT molecular complexity index is 1770. The van der Waals surface area contributed by atoms with Crippen LogP contribution < -0.4 is 44.2 Å². The zero-order chi connectivity index (χ0) is 44.3. The monoisotopic (exact) mass is 864 g/mol. The van der Waals surface area contributed by atoms with Crippen LogP contribution in [0, 0.1) is 0 Å². The molecule has 2 aliphatic heterocycles. The predicted molar refractivity (Wildman–Crippen MR) is 234 cm³/mol. The van der Waals surface area contributed by atoms with Crippen molar-refractivity contribution in [3.8, 4) is 0 Å². The van der Waals surface area contributed by atoms with Crippen molar-refractivity contribution in [2.24, 2.45) is 22.9 Å². The molecule has 2 aromatic rings. The SMILES string of the molecule is NCCCC[C@H](NC(=O)[C@@H](N)CCCCN)C(=O)N1CCC[C@H]1C(=O)N[C@@H](Cc1ccccc1)C(=O)N[C@@H](Cc1ccccc1)C(=O)N1CCC[C@H]1C(=O)N[C@@H](CS)C(N)=O. The molecule has 7 amide bonds. The van der Waals surface area contributed by atoms with Gasteiger partial charge in [-0.3, -0.25) is 33.6 Å². The molecule has 0 unspecified atom stereocenters. The van der Waals surface area contributed by atoms with Gasteiger partial charge in [0.15, 0.2) is 0 Å². The van der Waals surface area contributed by atoms with Crippen LogP contribution in [-0.2, 0) is 46.4 Å². The lowest BCUT2D eigenvalue weighted by molar-refractivity contribution is -0.143. The molecule has 7 atom stereocenters. The summed E-state index contributed by atoms with van der Waals surface area (Å²) < 4.78 is 0. The van der Waals surface area contributed by atoms with Gasteiger partial charge in [-0.25, -0.2) is 0 Å². The number of primary amides is 1. The van der Waals surface area contributed by atoms with Gasteiger partial charge in [-0.2, -0.15) is 12.6 Å². The molecule has 0 saturated carbocycles. The maximum atomic E-state index is 14.4. The average Bonchev–Trinajstić information content (AvgIpc) is 3.96. The normalized spacial score (nSPS) is 18.6. The summed E-state index contributed by atoms with van der Waals surface area (Å²) in [4.78, 5) is 98.5. The fourth-order valence-corrected chi connectivity index (χ4v) is 8.07. The van der Waals surface area contributed by atoms with Crippen LogP contribution in [0.15, 0.2) is 60.7 Å². The number of hydrogen-bond acceptors (Lipinski definition) is 11. The lowest BCUT2D eigenvalue weighted by Gasteiger charge is -2.32. The molecule has 2 heterocycles. The Balaban J connectivity index is 1.56. The molecule has 2 aromatic carbocycles. The third-order valence-corrected chi connectivity index (χ3v) is 11.6. The van der Waals surface area contributed by atoms with Crippen LogP contribution in [0.25, 0.3) is 0 Å². The van der Waals surface area contributed by atoms with Gasteiger partial charge in [0.05, 0.1) is 6.04 Å². The number of rotatable bonds is 24. The van der Waals surface area contributed by atoms with Crippen molar-refractivity contribution in [3.05, 3.63) is 71.8 Å². The summed E-state index contributed by atoms with van der Waals surface area (Å²) in [7, 11) is 0. The van der Waals surface area contributed by atoms with Gasteiger partial charge in [-0.15, -0.1) is 0 Å². The van der Waals surface area contributed by atoms with Crippen molar-refractivity contribution in [1.29, 1.82) is 0 Å². The lowest BCUT2D eigenvalue weighted by atomic mass is 10.0. The molecule has 334 valence electrons. The number of nitrogens with zero attached hydrogens (tertiary/aromatic N) is 2. The van der Waals surface area contributed by atoms with E-state index >= 15 is 0 Å². The summed E-state index contributed by atoms with van der Waals surface area (Å²) in [5.41, 5.74) is 24.4. The van der Waals surface area contributed by atoms with E-state index < -0.39 is 83.6 Å². The van der Waals surface area contributed by atoms with E-state index in [2.05, 4.69) is 33.9 Å². The number of carbonyl (C=O) groups is 7. The summed E-state index contributed by atoms with van der Waals surface area (Å²) in [5, 5.41) is 11.2. The maximum absolute atomic E-state index is 14.4. The fourth-order valence-electron chi connectivity index (χ4n) is 7.80. The molecule has 17 nitrogen and oxygen atoms in total. The maximum Gasteiger partial charge on any atom is 0.246 e. The molecule has 2 aliphatic rings. The number of benzene rings is 2. The van der Waals surface area contributed by atoms with Crippen LogP contribution in [0.5, 0.6) is 0 Å².